The second-order valence-electron chi connectivity index (χ2n) is 7.92. The predicted molar refractivity (Wildman–Crippen MR) is 110 cm³/mol. The first-order valence-corrected chi connectivity index (χ1v) is 10.3. The highest BCUT2D eigenvalue weighted by molar-refractivity contribution is 6.00. The van der Waals surface area contributed by atoms with Gasteiger partial charge < -0.3 is 9.80 Å². The van der Waals surface area contributed by atoms with Crippen molar-refractivity contribution >= 4 is 11.8 Å². The molecule has 148 valence electrons. The molecule has 2 aliphatic rings. The molecule has 29 heavy (non-hydrogen) atoms. The molecule has 2 fully saturated rings. The van der Waals surface area contributed by atoms with Crippen LogP contribution in [0, 0.1) is 11.3 Å². The topological polar surface area (TPSA) is 64.4 Å². The molecule has 0 N–H and O–H groups in total. The van der Waals surface area contributed by atoms with E-state index >= 15 is 0 Å². The normalized spacial score (nSPS) is 21.4. The van der Waals surface area contributed by atoms with Crippen LogP contribution in [0.3, 0.4) is 0 Å². The summed E-state index contributed by atoms with van der Waals surface area (Å²) in [6.45, 7) is 2.02. The Balaban J connectivity index is 1.54. The van der Waals surface area contributed by atoms with Crippen LogP contribution in [-0.4, -0.2) is 46.8 Å². The van der Waals surface area contributed by atoms with Crippen LogP contribution in [0.1, 0.15) is 47.2 Å². The Kier molecular flexibility index (Phi) is 5.35. The lowest BCUT2D eigenvalue weighted by Gasteiger charge is -2.44. The van der Waals surface area contributed by atoms with E-state index in [0.717, 1.165) is 38.6 Å². The van der Waals surface area contributed by atoms with Gasteiger partial charge in [0.1, 0.15) is 5.54 Å². The van der Waals surface area contributed by atoms with E-state index in [0.29, 0.717) is 24.2 Å². The summed E-state index contributed by atoms with van der Waals surface area (Å²) in [4.78, 5) is 30.5. The first-order chi connectivity index (χ1) is 14.1. The van der Waals surface area contributed by atoms with Gasteiger partial charge in [-0.25, -0.2) is 0 Å². The Morgan fingerprint density at radius 1 is 1.03 bits per heavy atom. The smallest absolute Gasteiger partial charge is 0.254 e. The van der Waals surface area contributed by atoms with Crippen LogP contribution in [0.4, 0.5) is 0 Å². The zero-order chi connectivity index (χ0) is 20.3. The van der Waals surface area contributed by atoms with Crippen molar-refractivity contribution in [3.05, 3.63) is 71.3 Å². The third-order valence-corrected chi connectivity index (χ3v) is 6.19. The number of likely N-dealkylation sites (tertiary alicyclic amines) is 2. The quantitative estimate of drug-likeness (QED) is 0.808. The van der Waals surface area contributed by atoms with E-state index in [1.807, 2.05) is 23.1 Å². The lowest BCUT2D eigenvalue weighted by Crippen LogP contribution is -2.61. The van der Waals surface area contributed by atoms with Crippen LogP contribution in [0.25, 0.3) is 0 Å². The Morgan fingerprint density at radius 3 is 2.55 bits per heavy atom. The second-order valence-corrected chi connectivity index (χ2v) is 7.92. The van der Waals surface area contributed by atoms with E-state index in [-0.39, 0.29) is 11.8 Å². The minimum absolute atomic E-state index is 0.0852. The van der Waals surface area contributed by atoms with Crippen LogP contribution < -0.4 is 0 Å². The number of benzene rings is 2. The lowest BCUT2D eigenvalue weighted by atomic mass is 9.84. The number of piperidine rings is 1. The van der Waals surface area contributed by atoms with Gasteiger partial charge in [0.2, 0.25) is 5.91 Å². The van der Waals surface area contributed by atoms with Crippen molar-refractivity contribution in [1.29, 1.82) is 5.26 Å². The van der Waals surface area contributed by atoms with Crippen molar-refractivity contribution in [3.63, 3.8) is 0 Å². The van der Waals surface area contributed by atoms with Gasteiger partial charge in [-0.15, -0.1) is 0 Å². The minimum atomic E-state index is -0.728. The summed E-state index contributed by atoms with van der Waals surface area (Å²) in [5.41, 5.74) is 1.44. The Morgan fingerprint density at radius 2 is 1.79 bits per heavy atom. The largest absolute Gasteiger partial charge is 0.340 e. The number of amides is 2. The molecule has 2 aromatic carbocycles. The van der Waals surface area contributed by atoms with Crippen LogP contribution in [0.5, 0.6) is 0 Å². The fourth-order valence-corrected chi connectivity index (χ4v) is 4.72. The third kappa shape index (κ3) is 3.63. The average Bonchev–Trinajstić information content (AvgIpc) is 3.19. The molecule has 2 amide bonds. The maximum Gasteiger partial charge on any atom is 0.254 e. The predicted octanol–water partition coefficient (Wildman–Crippen LogP) is 3.40. The van der Waals surface area contributed by atoms with Gasteiger partial charge in [0.05, 0.1) is 11.6 Å². The van der Waals surface area contributed by atoms with Crippen LogP contribution >= 0.6 is 0 Å². The summed E-state index contributed by atoms with van der Waals surface area (Å²) in [5, 5.41) is 9.15. The Bertz CT molecular complexity index is 950. The zero-order valence-corrected chi connectivity index (χ0v) is 16.5. The van der Waals surface area contributed by atoms with E-state index in [4.69, 9.17) is 5.26 Å². The molecule has 0 aromatic heterocycles. The number of hydrogen-bond donors (Lipinski definition) is 0. The molecule has 0 saturated carbocycles. The molecule has 1 spiro atoms. The Hall–Kier alpha value is -3.13. The van der Waals surface area contributed by atoms with Crippen molar-refractivity contribution in [2.75, 3.05) is 19.6 Å². The maximum atomic E-state index is 13.5. The summed E-state index contributed by atoms with van der Waals surface area (Å²) in [7, 11) is 0. The summed E-state index contributed by atoms with van der Waals surface area (Å²) in [6, 6.07) is 19.0. The van der Waals surface area contributed by atoms with E-state index in [2.05, 4.69) is 18.2 Å². The standard InChI is InChI=1S/C24H25N3O2/c25-18-20-9-4-10-21(17-20)22(28)27-15-6-13-24(27)12-5-14-26(23(24)29)16-11-19-7-2-1-3-8-19/h1-4,7-10,17H,5-6,11-16H2. The summed E-state index contributed by atoms with van der Waals surface area (Å²) < 4.78 is 0. The van der Waals surface area contributed by atoms with Gasteiger partial charge in [-0.1, -0.05) is 36.4 Å². The number of carbonyl (C=O) groups is 2. The van der Waals surface area contributed by atoms with Crippen LogP contribution in [0.2, 0.25) is 0 Å². The van der Waals surface area contributed by atoms with E-state index in [1.54, 1.807) is 29.2 Å². The highest BCUT2D eigenvalue weighted by Gasteiger charge is 2.52. The highest BCUT2D eigenvalue weighted by Crippen LogP contribution is 2.39. The van der Waals surface area contributed by atoms with E-state index in [9.17, 15) is 9.59 Å². The lowest BCUT2D eigenvalue weighted by molar-refractivity contribution is -0.145. The zero-order valence-electron chi connectivity index (χ0n) is 16.5. The number of hydrogen-bond acceptors (Lipinski definition) is 3. The maximum absolute atomic E-state index is 13.5. The van der Waals surface area contributed by atoms with Crippen molar-refractivity contribution in [2.45, 2.75) is 37.6 Å². The van der Waals surface area contributed by atoms with Crippen molar-refractivity contribution in [2.24, 2.45) is 0 Å². The second kappa shape index (κ2) is 8.08. The minimum Gasteiger partial charge on any atom is -0.340 e. The number of nitriles is 1. The van der Waals surface area contributed by atoms with E-state index in [1.165, 1.54) is 5.56 Å². The summed E-state index contributed by atoms with van der Waals surface area (Å²) >= 11 is 0. The van der Waals surface area contributed by atoms with E-state index < -0.39 is 5.54 Å². The molecular formula is C24H25N3O2. The fourth-order valence-electron chi connectivity index (χ4n) is 4.72. The molecule has 2 aromatic rings. The van der Waals surface area contributed by atoms with Gasteiger partial charge >= 0.3 is 0 Å². The monoisotopic (exact) mass is 387 g/mol. The summed E-state index contributed by atoms with van der Waals surface area (Å²) in [6.07, 6.45) is 4.00. The first kappa shape index (κ1) is 19.2. The molecule has 0 bridgehead atoms. The molecule has 4 rings (SSSR count). The molecule has 5 heteroatoms. The number of carbonyl (C=O) groups excluding carboxylic acids is 2. The van der Waals surface area contributed by atoms with Gasteiger partial charge in [0, 0.05) is 25.2 Å². The first-order valence-electron chi connectivity index (χ1n) is 10.3. The highest BCUT2D eigenvalue weighted by atomic mass is 16.2. The molecule has 2 heterocycles. The number of nitrogens with zero attached hydrogens (tertiary/aromatic N) is 3. The average molecular weight is 387 g/mol. The third-order valence-electron chi connectivity index (χ3n) is 6.19. The van der Waals surface area contributed by atoms with Crippen LogP contribution in [0.15, 0.2) is 54.6 Å². The Labute approximate surface area is 171 Å². The molecular weight excluding hydrogens is 362 g/mol. The molecule has 0 radical (unpaired) electrons. The van der Waals surface area contributed by atoms with Crippen LogP contribution in [-0.2, 0) is 11.2 Å². The molecule has 5 nitrogen and oxygen atoms in total. The van der Waals surface area contributed by atoms with Gasteiger partial charge in [-0.3, -0.25) is 9.59 Å². The molecule has 1 atom stereocenters. The van der Waals surface area contributed by atoms with Gasteiger partial charge in [0.25, 0.3) is 5.91 Å². The van der Waals surface area contributed by atoms with Crippen molar-refractivity contribution < 1.29 is 9.59 Å². The van der Waals surface area contributed by atoms with Gasteiger partial charge in [-0.2, -0.15) is 5.26 Å². The summed E-state index contributed by atoms with van der Waals surface area (Å²) in [5.74, 6) is -0.0557. The van der Waals surface area contributed by atoms with Crippen molar-refractivity contribution in [1.82, 2.24) is 9.80 Å². The molecule has 2 aliphatic heterocycles. The SMILES string of the molecule is N#Cc1cccc(C(=O)N2CCCC23CCCN(CCc2ccccc2)C3=O)c1. The molecule has 2 saturated heterocycles. The number of rotatable bonds is 4. The molecule has 0 aliphatic carbocycles. The molecule has 1 unspecified atom stereocenters. The van der Waals surface area contributed by atoms with Crippen molar-refractivity contribution in [3.8, 4) is 6.07 Å². The van der Waals surface area contributed by atoms with Gasteiger partial charge in [-0.05, 0) is 55.9 Å². The fraction of sp³-hybridized carbons (Fsp3) is 0.375. The van der Waals surface area contributed by atoms with Gasteiger partial charge in [0.15, 0.2) is 0 Å².